The minimum absolute atomic E-state index is 0.00717. The minimum Gasteiger partial charge on any atom is -0.480 e. The Morgan fingerprint density at radius 3 is 2.16 bits per heavy atom. The monoisotopic (exact) mass is 274 g/mol. The number of carbonyl (C=O) groups is 2. The molecule has 0 aliphatic rings. The molecule has 0 aliphatic heterocycles. The van der Waals surface area contributed by atoms with E-state index in [1.54, 1.807) is 6.92 Å². The number of hydrogen-bond donors (Lipinski definition) is 1. The second kappa shape index (κ2) is 8.15. The van der Waals surface area contributed by atoms with Crippen molar-refractivity contribution in [2.24, 2.45) is 11.3 Å². The molecule has 1 atom stereocenters. The molecule has 1 unspecified atom stereocenters. The SMILES string of the molecule is CCOC(=O)C(CCOC(C)C)(CC(C)C)C(=O)O. The lowest BCUT2D eigenvalue weighted by atomic mass is 9.77. The summed E-state index contributed by atoms with van der Waals surface area (Å²) in [7, 11) is 0. The number of carboxylic acids is 1. The zero-order valence-corrected chi connectivity index (χ0v) is 12.6. The topological polar surface area (TPSA) is 72.8 Å². The fourth-order valence-corrected chi connectivity index (χ4v) is 2.00. The van der Waals surface area contributed by atoms with Crippen molar-refractivity contribution in [2.45, 2.75) is 53.6 Å². The van der Waals surface area contributed by atoms with Gasteiger partial charge in [0, 0.05) is 6.61 Å². The van der Waals surface area contributed by atoms with E-state index < -0.39 is 17.4 Å². The van der Waals surface area contributed by atoms with E-state index in [2.05, 4.69) is 0 Å². The molecule has 5 heteroatoms. The standard InChI is InChI=1S/C14H26O5/c1-6-18-13(17)14(12(15)16,9-10(2)3)7-8-19-11(4)5/h10-11H,6-9H2,1-5H3,(H,15,16). The number of aliphatic carboxylic acids is 1. The van der Waals surface area contributed by atoms with Gasteiger partial charge in [0.1, 0.15) is 0 Å². The molecule has 0 bridgehead atoms. The average molecular weight is 274 g/mol. The highest BCUT2D eigenvalue weighted by atomic mass is 16.5. The Bertz CT molecular complexity index is 298. The highest BCUT2D eigenvalue weighted by Gasteiger charge is 2.47. The van der Waals surface area contributed by atoms with Crippen LogP contribution in [0.5, 0.6) is 0 Å². The maximum Gasteiger partial charge on any atom is 0.323 e. The van der Waals surface area contributed by atoms with Crippen LogP contribution >= 0.6 is 0 Å². The number of carbonyl (C=O) groups excluding carboxylic acids is 1. The molecule has 0 aromatic rings. The van der Waals surface area contributed by atoms with Crippen molar-refractivity contribution in [1.29, 1.82) is 0 Å². The highest BCUT2D eigenvalue weighted by Crippen LogP contribution is 2.33. The molecule has 0 spiro atoms. The van der Waals surface area contributed by atoms with Gasteiger partial charge in [-0.2, -0.15) is 0 Å². The Labute approximate surface area is 115 Å². The van der Waals surface area contributed by atoms with Gasteiger partial charge in [-0.15, -0.1) is 0 Å². The van der Waals surface area contributed by atoms with Gasteiger partial charge in [-0.1, -0.05) is 13.8 Å². The van der Waals surface area contributed by atoms with Crippen molar-refractivity contribution in [3.05, 3.63) is 0 Å². The molecule has 0 aromatic carbocycles. The fraction of sp³-hybridized carbons (Fsp3) is 0.857. The van der Waals surface area contributed by atoms with Gasteiger partial charge in [-0.3, -0.25) is 9.59 Å². The van der Waals surface area contributed by atoms with Gasteiger partial charge in [0.05, 0.1) is 12.7 Å². The number of rotatable bonds is 9. The second-order valence-corrected chi connectivity index (χ2v) is 5.38. The number of hydrogen-bond acceptors (Lipinski definition) is 4. The lowest BCUT2D eigenvalue weighted by Crippen LogP contribution is -2.43. The molecule has 0 fully saturated rings. The molecular formula is C14H26O5. The molecule has 5 nitrogen and oxygen atoms in total. The first-order valence-electron chi connectivity index (χ1n) is 6.78. The summed E-state index contributed by atoms with van der Waals surface area (Å²) in [5.74, 6) is -1.71. The van der Waals surface area contributed by atoms with Crippen molar-refractivity contribution in [1.82, 2.24) is 0 Å². The van der Waals surface area contributed by atoms with E-state index in [4.69, 9.17) is 9.47 Å². The maximum absolute atomic E-state index is 12.1. The van der Waals surface area contributed by atoms with Crippen LogP contribution in [-0.2, 0) is 19.1 Å². The smallest absolute Gasteiger partial charge is 0.323 e. The summed E-state index contributed by atoms with van der Waals surface area (Å²) < 4.78 is 10.3. The van der Waals surface area contributed by atoms with Crippen LogP contribution < -0.4 is 0 Å². The quantitative estimate of drug-likeness (QED) is 0.516. The van der Waals surface area contributed by atoms with Crippen LogP contribution in [0.15, 0.2) is 0 Å². The van der Waals surface area contributed by atoms with E-state index in [9.17, 15) is 14.7 Å². The summed E-state index contributed by atoms with van der Waals surface area (Å²) in [6.07, 6.45) is 0.396. The molecule has 0 rings (SSSR count). The van der Waals surface area contributed by atoms with Crippen LogP contribution in [0.4, 0.5) is 0 Å². The van der Waals surface area contributed by atoms with Gasteiger partial charge in [0.15, 0.2) is 5.41 Å². The minimum atomic E-state index is -1.50. The van der Waals surface area contributed by atoms with E-state index in [0.29, 0.717) is 0 Å². The molecule has 0 saturated carbocycles. The molecule has 1 N–H and O–H groups in total. The van der Waals surface area contributed by atoms with E-state index in [-0.39, 0.29) is 38.1 Å². The lowest BCUT2D eigenvalue weighted by Gasteiger charge is -2.29. The molecule has 0 aromatic heterocycles. The molecule has 0 aliphatic carbocycles. The van der Waals surface area contributed by atoms with E-state index in [1.165, 1.54) is 0 Å². The van der Waals surface area contributed by atoms with Crippen molar-refractivity contribution in [2.75, 3.05) is 13.2 Å². The van der Waals surface area contributed by atoms with Crippen molar-refractivity contribution >= 4 is 11.9 Å². The van der Waals surface area contributed by atoms with Gasteiger partial charge in [-0.05, 0) is 39.5 Å². The molecule has 0 saturated heterocycles. The van der Waals surface area contributed by atoms with Gasteiger partial charge in [0.2, 0.25) is 0 Å². The molecular weight excluding hydrogens is 248 g/mol. The Balaban J connectivity index is 5.03. The Hall–Kier alpha value is -1.10. The Kier molecular flexibility index (Phi) is 7.68. The first kappa shape index (κ1) is 17.9. The van der Waals surface area contributed by atoms with Gasteiger partial charge in [0.25, 0.3) is 0 Å². The summed E-state index contributed by atoms with van der Waals surface area (Å²) >= 11 is 0. The Morgan fingerprint density at radius 1 is 1.21 bits per heavy atom. The summed E-state index contributed by atoms with van der Waals surface area (Å²) in [5.41, 5.74) is -1.50. The van der Waals surface area contributed by atoms with Crippen molar-refractivity contribution < 1.29 is 24.2 Å². The van der Waals surface area contributed by atoms with Crippen LogP contribution in [0.1, 0.15) is 47.5 Å². The first-order valence-corrected chi connectivity index (χ1v) is 6.78. The predicted molar refractivity (Wildman–Crippen MR) is 71.9 cm³/mol. The van der Waals surface area contributed by atoms with E-state index >= 15 is 0 Å². The number of carboxylic acid groups (broad SMARTS) is 1. The van der Waals surface area contributed by atoms with Gasteiger partial charge >= 0.3 is 11.9 Å². The third-order valence-corrected chi connectivity index (χ3v) is 2.81. The zero-order valence-electron chi connectivity index (χ0n) is 12.6. The molecule has 0 heterocycles. The van der Waals surface area contributed by atoms with Crippen LogP contribution in [0.25, 0.3) is 0 Å². The van der Waals surface area contributed by atoms with Crippen molar-refractivity contribution in [3.8, 4) is 0 Å². The lowest BCUT2D eigenvalue weighted by molar-refractivity contribution is -0.172. The maximum atomic E-state index is 12.1. The summed E-state index contributed by atoms with van der Waals surface area (Å²) in [6.45, 7) is 9.60. The van der Waals surface area contributed by atoms with Crippen LogP contribution in [-0.4, -0.2) is 36.4 Å². The van der Waals surface area contributed by atoms with Crippen LogP contribution in [0.2, 0.25) is 0 Å². The largest absolute Gasteiger partial charge is 0.480 e. The third kappa shape index (κ3) is 5.59. The van der Waals surface area contributed by atoms with Crippen LogP contribution in [0, 0.1) is 11.3 Å². The molecule has 0 radical (unpaired) electrons. The third-order valence-electron chi connectivity index (χ3n) is 2.81. The van der Waals surface area contributed by atoms with Gasteiger partial charge < -0.3 is 14.6 Å². The summed E-state index contributed by atoms with van der Waals surface area (Å²) in [6, 6.07) is 0. The predicted octanol–water partition coefficient (Wildman–Crippen LogP) is 2.48. The van der Waals surface area contributed by atoms with E-state index in [1.807, 2.05) is 27.7 Å². The summed E-state index contributed by atoms with van der Waals surface area (Å²) in [4.78, 5) is 23.7. The Morgan fingerprint density at radius 2 is 1.79 bits per heavy atom. The van der Waals surface area contributed by atoms with Gasteiger partial charge in [-0.25, -0.2) is 0 Å². The number of esters is 1. The normalized spacial score (nSPS) is 14.5. The molecule has 19 heavy (non-hydrogen) atoms. The van der Waals surface area contributed by atoms with E-state index in [0.717, 1.165) is 0 Å². The molecule has 112 valence electrons. The molecule has 0 amide bonds. The number of ether oxygens (including phenoxy) is 2. The first-order chi connectivity index (χ1) is 8.76. The zero-order chi connectivity index (χ0) is 15.1. The fourth-order valence-electron chi connectivity index (χ4n) is 2.00. The summed E-state index contributed by atoms with van der Waals surface area (Å²) in [5, 5.41) is 9.48. The second-order valence-electron chi connectivity index (χ2n) is 5.38. The average Bonchev–Trinajstić information content (AvgIpc) is 2.26. The van der Waals surface area contributed by atoms with Crippen LogP contribution in [0.3, 0.4) is 0 Å². The van der Waals surface area contributed by atoms with Crippen molar-refractivity contribution in [3.63, 3.8) is 0 Å². The highest BCUT2D eigenvalue weighted by molar-refractivity contribution is 5.99.